The molecule has 116 valence electrons. The predicted molar refractivity (Wildman–Crippen MR) is 78.0 cm³/mol. The molecule has 21 heavy (non-hydrogen) atoms. The van der Waals surface area contributed by atoms with Gasteiger partial charge in [-0.15, -0.1) is 0 Å². The van der Waals surface area contributed by atoms with Crippen molar-refractivity contribution >= 4 is 5.91 Å². The number of nitrogens with two attached hydrogens (primary N) is 1. The number of hydrazine groups is 1. The van der Waals surface area contributed by atoms with Crippen LogP contribution in [0.5, 0.6) is 5.75 Å². The van der Waals surface area contributed by atoms with Gasteiger partial charge in [0.2, 0.25) is 0 Å². The van der Waals surface area contributed by atoms with E-state index in [1.54, 1.807) is 24.3 Å². The molecule has 1 aliphatic heterocycles. The fourth-order valence-electron chi connectivity index (χ4n) is 2.17. The number of rotatable bonds is 7. The van der Waals surface area contributed by atoms with Crippen LogP contribution in [0, 0.1) is 5.92 Å². The van der Waals surface area contributed by atoms with Gasteiger partial charge in [0, 0.05) is 25.4 Å². The van der Waals surface area contributed by atoms with Crippen LogP contribution in [0.4, 0.5) is 0 Å². The number of nitrogens with one attached hydrogen (secondary N) is 1. The van der Waals surface area contributed by atoms with Gasteiger partial charge >= 0.3 is 0 Å². The molecule has 1 heterocycles. The minimum atomic E-state index is -0.318. The Hall–Kier alpha value is -1.63. The average molecular weight is 294 g/mol. The summed E-state index contributed by atoms with van der Waals surface area (Å²) in [7, 11) is 0. The molecule has 0 spiro atoms. The Morgan fingerprint density at radius 3 is 2.62 bits per heavy atom. The molecule has 0 aliphatic carbocycles. The first-order chi connectivity index (χ1) is 10.3. The fraction of sp³-hybridized carbons (Fsp3) is 0.533. The molecule has 6 heteroatoms. The molecule has 1 aromatic carbocycles. The van der Waals surface area contributed by atoms with Crippen LogP contribution in [-0.2, 0) is 9.47 Å². The Morgan fingerprint density at radius 2 is 1.95 bits per heavy atom. The van der Waals surface area contributed by atoms with Crippen LogP contribution in [0.15, 0.2) is 24.3 Å². The number of amides is 1. The Bertz CT molecular complexity index is 430. The van der Waals surface area contributed by atoms with E-state index >= 15 is 0 Å². The Balaban J connectivity index is 1.61. The third kappa shape index (κ3) is 5.34. The SMILES string of the molecule is NNC(=O)c1ccc(OCCOCC2CCOCC2)cc1. The van der Waals surface area contributed by atoms with Crippen LogP contribution in [0.2, 0.25) is 0 Å². The van der Waals surface area contributed by atoms with Crippen LogP contribution >= 0.6 is 0 Å². The van der Waals surface area contributed by atoms with Gasteiger partial charge < -0.3 is 14.2 Å². The molecular formula is C15H22N2O4. The summed E-state index contributed by atoms with van der Waals surface area (Å²) < 4.78 is 16.5. The third-order valence-electron chi connectivity index (χ3n) is 3.44. The lowest BCUT2D eigenvalue weighted by atomic mass is 10.0. The maximum absolute atomic E-state index is 11.3. The van der Waals surface area contributed by atoms with Gasteiger partial charge in [-0.1, -0.05) is 0 Å². The molecule has 1 aliphatic rings. The number of carbonyl (C=O) groups is 1. The number of carbonyl (C=O) groups excluding carboxylic acids is 1. The average Bonchev–Trinajstić information content (AvgIpc) is 2.55. The van der Waals surface area contributed by atoms with Gasteiger partial charge in [-0.2, -0.15) is 0 Å². The minimum Gasteiger partial charge on any atom is -0.491 e. The van der Waals surface area contributed by atoms with E-state index in [0.29, 0.717) is 30.4 Å². The second-order valence-corrected chi connectivity index (χ2v) is 4.98. The summed E-state index contributed by atoms with van der Waals surface area (Å²) in [6.07, 6.45) is 2.15. The van der Waals surface area contributed by atoms with Crippen molar-refractivity contribution in [1.29, 1.82) is 0 Å². The number of ether oxygens (including phenoxy) is 3. The second-order valence-electron chi connectivity index (χ2n) is 4.98. The number of benzene rings is 1. The predicted octanol–water partition coefficient (Wildman–Crippen LogP) is 1.11. The van der Waals surface area contributed by atoms with Gasteiger partial charge in [-0.3, -0.25) is 10.2 Å². The first-order valence-electron chi connectivity index (χ1n) is 7.19. The summed E-state index contributed by atoms with van der Waals surface area (Å²) in [4.78, 5) is 11.3. The zero-order valence-electron chi connectivity index (χ0n) is 12.0. The van der Waals surface area contributed by atoms with Gasteiger partial charge in [-0.25, -0.2) is 5.84 Å². The van der Waals surface area contributed by atoms with Gasteiger partial charge in [0.05, 0.1) is 6.61 Å². The zero-order valence-corrected chi connectivity index (χ0v) is 12.0. The molecule has 1 saturated heterocycles. The summed E-state index contributed by atoms with van der Waals surface area (Å²) in [6, 6.07) is 6.81. The monoisotopic (exact) mass is 294 g/mol. The number of hydrogen-bond acceptors (Lipinski definition) is 5. The van der Waals surface area contributed by atoms with Crippen molar-refractivity contribution in [2.24, 2.45) is 11.8 Å². The zero-order chi connectivity index (χ0) is 14.9. The molecule has 0 aromatic heterocycles. The molecule has 0 radical (unpaired) electrons. The van der Waals surface area contributed by atoms with Crippen LogP contribution in [0.1, 0.15) is 23.2 Å². The second kappa shape index (κ2) is 8.61. The normalized spacial score (nSPS) is 15.7. The molecule has 2 rings (SSSR count). The molecule has 1 fully saturated rings. The van der Waals surface area contributed by atoms with Crippen molar-refractivity contribution in [3.63, 3.8) is 0 Å². The van der Waals surface area contributed by atoms with Crippen LogP contribution in [-0.4, -0.2) is 38.9 Å². The lowest BCUT2D eigenvalue weighted by Crippen LogP contribution is -2.29. The summed E-state index contributed by atoms with van der Waals surface area (Å²) >= 11 is 0. The maximum atomic E-state index is 11.3. The highest BCUT2D eigenvalue weighted by Gasteiger charge is 2.13. The standard InChI is InChI=1S/C15H22N2O4/c16-17-15(18)13-1-3-14(4-2-13)21-10-9-20-11-12-5-7-19-8-6-12/h1-4,12H,5-11,16H2,(H,17,18). The number of nitrogen functional groups attached to an aromatic ring is 1. The highest BCUT2D eigenvalue weighted by molar-refractivity contribution is 5.93. The van der Waals surface area contributed by atoms with Crippen molar-refractivity contribution in [1.82, 2.24) is 5.43 Å². The lowest BCUT2D eigenvalue weighted by molar-refractivity contribution is 0.0139. The summed E-state index contributed by atoms with van der Waals surface area (Å²) in [5.74, 6) is 6.05. The Labute approximate surface area is 124 Å². The number of hydrogen-bond donors (Lipinski definition) is 2. The van der Waals surface area contributed by atoms with Crippen LogP contribution in [0.3, 0.4) is 0 Å². The van der Waals surface area contributed by atoms with Crippen molar-refractivity contribution in [3.05, 3.63) is 29.8 Å². The van der Waals surface area contributed by atoms with Gasteiger partial charge in [0.1, 0.15) is 12.4 Å². The molecule has 6 nitrogen and oxygen atoms in total. The topological polar surface area (TPSA) is 82.8 Å². The molecular weight excluding hydrogens is 272 g/mol. The highest BCUT2D eigenvalue weighted by atomic mass is 16.5. The summed E-state index contributed by atoms with van der Waals surface area (Å²) in [6.45, 7) is 3.50. The van der Waals surface area contributed by atoms with Crippen molar-refractivity contribution in [2.45, 2.75) is 12.8 Å². The molecule has 0 unspecified atom stereocenters. The van der Waals surface area contributed by atoms with E-state index in [-0.39, 0.29) is 5.91 Å². The fourth-order valence-corrected chi connectivity index (χ4v) is 2.17. The Morgan fingerprint density at radius 1 is 1.24 bits per heavy atom. The summed E-state index contributed by atoms with van der Waals surface area (Å²) in [5.41, 5.74) is 2.58. The van der Waals surface area contributed by atoms with Gasteiger partial charge in [-0.05, 0) is 43.0 Å². The molecule has 1 amide bonds. The van der Waals surface area contributed by atoms with E-state index in [1.165, 1.54) is 0 Å². The van der Waals surface area contributed by atoms with E-state index in [9.17, 15) is 4.79 Å². The molecule has 3 N–H and O–H groups in total. The van der Waals surface area contributed by atoms with E-state index < -0.39 is 0 Å². The molecule has 0 atom stereocenters. The van der Waals surface area contributed by atoms with E-state index in [2.05, 4.69) is 5.43 Å². The van der Waals surface area contributed by atoms with Crippen molar-refractivity contribution in [3.8, 4) is 5.75 Å². The molecule has 0 bridgehead atoms. The van der Waals surface area contributed by atoms with E-state index in [1.807, 2.05) is 0 Å². The lowest BCUT2D eigenvalue weighted by Gasteiger charge is -2.21. The first kappa shape index (κ1) is 15.8. The summed E-state index contributed by atoms with van der Waals surface area (Å²) in [5, 5.41) is 0. The minimum absolute atomic E-state index is 0.318. The van der Waals surface area contributed by atoms with Gasteiger partial charge in [0.25, 0.3) is 5.91 Å². The Kier molecular flexibility index (Phi) is 6.46. The third-order valence-corrected chi connectivity index (χ3v) is 3.44. The highest BCUT2D eigenvalue weighted by Crippen LogP contribution is 2.15. The quantitative estimate of drug-likeness (QED) is 0.341. The van der Waals surface area contributed by atoms with E-state index in [0.717, 1.165) is 32.7 Å². The van der Waals surface area contributed by atoms with Crippen molar-refractivity contribution < 1.29 is 19.0 Å². The van der Waals surface area contributed by atoms with Crippen LogP contribution in [0.25, 0.3) is 0 Å². The van der Waals surface area contributed by atoms with Crippen LogP contribution < -0.4 is 16.0 Å². The van der Waals surface area contributed by atoms with Crippen molar-refractivity contribution in [2.75, 3.05) is 33.0 Å². The van der Waals surface area contributed by atoms with Gasteiger partial charge in [0.15, 0.2) is 0 Å². The van der Waals surface area contributed by atoms with E-state index in [4.69, 9.17) is 20.1 Å². The smallest absolute Gasteiger partial charge is 0.265 e. The maximum Gasteiger partial charge on any atom is 0.265 e. The largest absolute Gasteiger partial charge is 0.491 e. The first-order valence-corrected chi connectivity index (χ1v) is 7.19. The molecule has 1 aromatic rings. The molecule has 0 saturated carbocycles.